The van der Waals surface area contributed by atoms with E-state index in [4.69, 9.17) is 9.47 Å². The molecular formula is C22H19NO5. The van der Waals surface area contributed by atoms with Crippen molar-refractivity contribution in [2.45, 2.75) is 0 Å². The predicted molar refractivity (Wildman–Crippen MR) is 107 cm³/mol. The van der Waals surface area contributed by atoms with Gasteiger partial charge in [-0.05, 0) is 35.2 Å². The van der Waals surface area contributed by atoms with E-state index < -0.39 is 18.5 Å². The van der Waals surface area contributed by atoms with E-state index in [1.54, 1.807) is 18.2 Å². The van der Waals surface area contributed by atoms with Gasteiger partial charge in [0.1, 0.15) is 0 Å². The quantitative estimate of drug-likeness (QED) is 0.505. The molecule has 0 bridgehead atoms. The third-order valence-corrected chi connectivity index (χ3v) is 4.02. The Labute approximate surface area is 162 Å². The molecule has 3 rings (SSSR count). The first-order valence-electron chi connectivity index (χ1n) is 8.56. The molecule has 0 fully saturated rings. The number of fused-ring (bicyclic) bond motifs is 1. The molecule has 6 heteroatoms. The first-order chi connectivity index (χ1) is 13.6. The molecule has 0 aliphatic heterocycles. The maximum atomic E-state index is 12.1. The number of esters is 1. The molecule has 0 aliphatic carbocycles. The smallest absolute Gasteiger partial charge is 0.331 e. The summed E-state index contributed by atoms with van der Waals surface area (Å²) in [6, 6.07) is 17.9. The van der Waals surface area contributed by atoms with Crippen LogP contribution in [0.25, 0.3) is 16.8 Å². The average molecular weight is 377 g/mol. The Morgan fingerprint density at radius 2 is 1.86 bits per heavy atom. The number of nitrogens with one attached hydrogen (secondary N) is 1. The highest BCUT2D eigenvalue weighted by Crippen LogP contribution is 2.26. The van der Waals surface area contributed by atoms with Gasteiger partial charge in [0.15, 0.2) is 18.1 Å². The summed E-state index contributed by atoms with van der Waals surface area (Å²) < 4.78 is 9.98. The van der Waals surface area contributed by atoms with Crippen LogP contribution in [0.15, 0.2) is 66.7 Å². The lowest BCUT2D eigenvalue weighted by Gasteiger charge is -2.08. The van der Waals surface area contributed by atoms with Crippen LogP contribution in [0, 0.1) is 0 Å². The maximum absolute atomic E-state index is 12.1. The van der Waals surface area contributed by atoms with Crippen LogP contribution in [0.3, 0.4) is 0 Å². The fourth-order valence-electron chi connectivity index (χ4n) is 2.67. The lowest BCUT2D eigenvalue weighted by atomic mass is 10.1. The molecule has 142 valence electrons. The van der Waals surface area contributed by atoms with Crippen LogP contribution < -0.4 is 10.1 Å². The molecular weight excluding hydrogens is 358 g/mol. The van der Waals surface area contributed by atoms with Crippen LogP contribution in [0.2, 0.25) is 0 Å². The van der Waals surface area contributed by atoms with E-state index in [9.17, 15) is 14.7 Å². The fourth-order valence-corrected chi connectivity index (χ4v) is 2.67. The van der Waals surface area contributed by atoms with Gasteiger partial charge in [-0.3, -0.25) is 4.79 Å². The number of hydrogen-bond donors (Lipinski definition) is 2. The number of aromatic hydroxyl groups is 1. The average Bonchev–Trinajstić information content (AvgIpc) is 2.72. The minimum absolute atomic E-state index is 0.00679. The number of carbonyl (C=O) groups is 2. The molecule has 3 aromatic rings. The molecule has 0 aromatic heterocycles. The first-order valence-corrected chi connectivity index (χ1v) is 8.56. The summed E-state index contributed by atoms with van der Waals surface area (Å²) in [6.45, 7) is -0.398. The molecule has 0 atom stereocenters. The van der Waals surface area contributed by atoms with Crippen LogP contribution in [0.5, 0.6) is 11.5 Å². The van der Waals surface area contributed by atoms with Crippen molar-refractivity contribution in [1.29, 1.82) is 0 Å². The van der Waals surface area contributed by atoms with Gasteiger partial charge in [0.2, 0.25) is 0 Å². The second-order valence-electron chi connectivity index (χ2n) is 5.95. The second-order valence-corrected chi connectivity index (χ2v) is 5.95. The van der Waals surface area contributed by atoms with Gasteiger partial charge in [-0.2, -0.15) is 0 Å². The highest BCUT2D eigenvalue weighted by Gasteiger charge is 2.08. The van der Waals surface area contributed by atoms with Crippen molar-refractivity contribution in [3.05, 3.63) is 72.3 Å². The van der Waals surface area contributed by atoms with Crippen molar-refractivity contribution in [2.24, 2.45) is 0 Å². The van der Waals surface area contributed by atoms with Gasteiger partial charge in [0.05, 0.1) is 7.11 Å². The molecule has 28 heavy (non-hydrogen) atoms. The topological polar surface area (TPSA) is 84.9 Å². The zero-order valence-corrected chi connectivity index (χ0v) is 15.2. The van der Waals surface area contributed by atoms with E-state index in [0.29, 0.717) is 17.0 Å². The fraction of sp³-hybridized carbons (Fsp3) is 0.0909. The summed E-state index contributed by atoms with van der Waals surface area (Å²) in [6.07, 6.45) is 2.71. The van der Waals surface area contributed by atoms with E-state index in [0.717, 1.165) is 10.8 Å². The minimum Gasteiger partial charge on any atom is -0.504 e. The summed E-state index contributed by atoms with van der Waals surface area (Å²) in [4.78, 5) is 23.9. The summed E-state index contributed by atoms with van der Waals surface area (Å²) in [5, 5.41) is 14.2. The number of benzene rings is 3. The molecule has 0 heterocycles. The van der Waals surface area contributed by atoms with Gasteiger partial charge in [0, 0.05) is 17.1 Å². The van der Waals surface area contributed by atoms with Crippen molar-refractivity contribution >= 4 is 34.4 Å². The van der Waals surface area contributed by atoms with Gasteiger partial charge < -0.3 is 19.9 Å². The van der Waals surface area contributed by atoms with E-state index in [-0.39, 0.29) is 5.75 Å². The zero-order chi connectivity index (χ0) is 19.9. The van der Waals surface area contributed by atoms with E-state index in [1.165, 1.54) is 25.3 Å². The number of phenolic OH excluding ortho intramolecular Hbond substituents is 1. The number of carbonyl (C=O) groups excluding carboxylic acids is 2. The predicted octanol–water partition coefficient (Wildman–Crippen LogP) is 3.75. The molecule has 0 unspecified atom stereocenters. The molecule has 0 aliphatic rings. The van der Waals surface area contributed by atoms with Crippen molar-refractivity contribution in [2.75, 3.05) is 19.0 Å². The van der Waals surface area contributed by atoms with Gasteiger partial charge in [-0.25, -0.2) is 4.79 Å². The van der Waals surface area contributed by atoms with Crippen LogP contribution in [0.4, 0.5) is 5.69 Å². The lowest BCUT2D eigenvalue weighted by molar-refractivity contribution is -0.142. The number of ether oxygens (including phenoxy) is 2. The Hall–Kier alpha value is -3.80. The standard InChI is InChI=1S/C22H19NO5/c1-27-20-13-15(9-11-19(20)24)10-12-22(26)28-14-21(25)23-18-8-4-6-16-5-2-3-7-17(16)18/h2-13,24H,14H2,1H3,(H,23,25)/b12-10+. The van der Waals surface area contributed by atoms with Gasteiger partial charge in [-0.15, -0.1) is 0 Å². The Bertz CT molecular complexity index is 1040. The van der Waals surface area contributed by atoms with Crippen LogP contribution >= 0.6 is 0 Å². The third kappa shape index (κ3) is 4.67. The number of methoxy groups -OCH3 is 1. The number of phenols is 1. The van der Waals surface area contributed by atoms with Crippen molar-refractivity contribution < 1.29 is 24.2 Å². The van der Waals surface area contributed by atoms with Crippen molar-refractivity contribution in [1.82, 2.24) is 0 Å². The Balaban J connectivity index is 1.56. The molecule has 0 radical (unpaired) electrons. The number of amides is 1. The molecule has 0 saturated carbocycles. The van der Waals surface area contributed by atoms with Gasteiger partial charge in [-0.1, -0.05) is 42.5 Å². The Kier molecular flexibility index (Phi) is 5.91. The summed E-state index contributed by atoms with van der Waals surface area (Å²) in [5.41, 5.74) is 1.30. The highest BCUT2D eigenvalue weighted by atomic mass is 16.5. The molecule has 6 nitrogen and oxygen atoms in total. The van der Waals surface area contributed by atoms with Crippen molar-refractivity contribution in [3.63, 3.8) is 0 Å². The zero-order valence-electron chi connectivity index (χ0n) is 15.2. The van der Waals surface area contributed by atoms with E-state index in [2.05, 4.69) is 5.32 Å². The minimum atomic E-state index is -0.653. The number of rotatable bonds is 6. The largest absolute Gasteiger partial charge is 0.504 e. The van der Waals surface area contributed by atoms with Crippen molar-refractivity contribution in [3.8, 4) is 11.5 Å². The van der Waals surface area contributed by atoms with Crippen LogP contribution in [-0.2, 0) is 14.3 Å². The SMILES string of the molecule is COc1cc(/C=C/C(=O)OCC(=O)Nc2cccc3ccccc23)ccc1O. The number of anilines is 1. The lowest BCUT2D eigenvalue weighted by Crippen LogP contribution is -2.20. The molecule has 3 aromatic carbocycles. The monoisotopic (exact) mass is 377 g/mol. The van der Waals surface area contributed by atoms with Gasteiger partial charge in [0.25, 0.3) is 5.91 Å². The molecule has 2 N–H and O–H groups in total. The molecule has 0 saturated heterocycles. The number of hydrogen-bond acceptors (Lipinski definition) is 5. The molecule has 1 amide bonds. The second kappa shape index (κ2) is 8.73. The molecule has 0 spiro atoms. The normalized spacial score (nSPS) is 10.8. The summed E-state index contributed by atoms with van der Waals surface area (Å²) in [5.74, 6) is -0.776. The van der Waals surface area contributed by atoms with Crippen LogP contribution in [-0.4, -0.2) is 30.7 Å². The Morgan fingerprint density at radius 1 is 1.07 bits per heavy atom. The third-order valence-electron chi connectivity index (χ3n) is 4.02. The van der Waals surface area contributed by atoms with E-state index >= 15 is 0 Å². The maximum Gasteiger partial charge on any atom is 0.331 e. The Morgan fingerprint density at radius 3 is 2.68 bits per heavy atom. The van der Waals surface area contributed by atoms with Crippen LogP contribution in [0.1, 0.15) is 5.56 Å². The van der Waals surface area contributed by atoms with Gasteiger partial charge >= 0.3 is 5.97 Å². The summed E-state index contributed by atoms with van der Waals surface area (Å²) in [7, 11) is 1.44. The highest BCUT2D eigenvalue weighted by molar-refractivity contribution is 6.03. The summed E-state index contributed by atoms with van der Waals surface area (Å²) >= 11 is 0. The van der Waals surface area contributed by atoms with E-state index in [1.807, 2.05) is 36.4 Å². The first kappa shape index (κ1) is 19.0.